The monoisotopic (exact) mass is 212 g/mol. The lowest BCUT2D eigenvalue weighted by Gasteiger charge is -2.35. The zero-order chi connectivity index (χ0) is 10.7. The average Bonchev–Trinajstić information content (AvgIpc) is 2.70. The Labute approximate surface area is 90.8 Å². The predicted octanol–water partition coefficient (Wildman–Crippen LogP) is 0.281. The molecule has 0 aromatic carbocycles. The maximum Gasteiger partial charge on any atom is 0.224 e. The number of hydrogen-bond donors (Lipinski definition) is 2. The molecule has 1 amide bonds. The van der Waals surface area contributed by atoms with E-state index in [1.54, 1.807) is 0 Å². The summed E-state index contributed by atoms with van der Waals surface area (Å²) in [7, 11) is 0. The Morgan fingerprint density at radius 1 is 1.47 bits per heavy atom. The summed E-state index contributed by atoms with van der Waals surface area (Å²) in [4.78, 5) is 11.9. The van der Waals surface area contributed by atoms with Crippen LogP contribution in [0.25, 0.3) is 0 Å². The Kier molecular flexibility index (Phi) is 3.26. The highest BCUT2D eigenvalue weighted by Crippen LogP contribution is 2.21. The summed E-state index contributed by atoms with van der Waals surface area (Å²) in [5.74, 6) is 0.383. The first-order valence-electron chi connectivity index (χ1n) is 5.80. The smallest absolute Gasteiger partial charge is 0.224 e. The van der Waals surface area contributed by atoms with E-state index in [1.807, 2.05) is 0 Å². The van der Waals surface area contributed by atoms with Crippen LogP contribution in [-0.2, 0) is 9.53 Å². The van der Waals surface area contributed by atoms with Crippen LogP contribution in [-0.4, -0.2) is 37.7 Å². The molecular formula is C11H20N2O2. The van der Waals surface area contributed by atoms with Crippen LogP contribution in [0.5, 0.6) is 0 Å². The molecule has 1 unspecified atom stereocenters. The maximum absolute atomic E-state index is 11.9. The van der Waals surface area contributed by atoms with Gasteiger partial charge in [-0.2, -0.15) is 0 Å². The van der Waals surface area contributed by atoms with Gasteiger partial charge in [0.25, 0.3) is 0 Å². The van der Waals surface area contributed by atoms with E-state index < -0.39 is 0 Å². The van der Waals surface area contributed by atoms with Gasteiger partial charge in [-0.1, -0.05) is 0 Å². The number of amides is 1. The zero-order valence-electron chi connectivity index (χ0n) is 9.34. The van der Waals surface area contributed by atoms with E-state index >= 15 is 0 Å². The molecule has 1 atom stereocenters. The number of rotatable bonds is 2. The first kappa shape index (κ1) is 10.9. The molecule has 0 bridgehead atoms. The number of ether oxygens (including phenoxy) is 1. The quantitative estimate of drug-likeness (QED) is 0.691. The molecule has 2 heterocycles. The summed E-state index contributed by atoms with van der Waals surface area (Å²) in [5, 5.41) is 6.40. The fourth-order valence-electron chi connectivity index (χ4n) is 2.22. The van der Waals surface area contributed by atoms with Crippen molar-refractivity contribution in [3.63, 3.8) is 0 Å². The molecule has 0 aromatic rings. The average molecular weight is 212 g/mol. The molecule has 4 nitrogen and oxygen atoms in total. The van der Waals surface area contributed by atoms with Gasteiger partial charge >= 0.3 is 0 Å². The van der Waals surface area contributed by atoms with Crippen molar-refractivity contribution in [2.45, 2.75) is 31.7 Å². The lowest BCUT2D eigenvalue weighted by Crippen LogP contribution is -2.51. The third-order valence-electron chi connectivity index (χ3n) is 3.45. The summed E-state index contributed by atoms with van der Waals surface area (Å²) in [6.45, 7) is 5.45. The summed E-state index contributed by atoms with van der Waals surface area (Å²) in [6, 6.07) is 0. The van der Waals surface area contributed by atoms with Crippen molar-refractivity contribution in [1.82, 2.24) is 10.6 Å². The highest BCUT2D eigenvalue weighted by atomic mass is 16.5. The molecule has 2 aliphatic heterocycles. The summed E-state index contributed by atoms with van der Waals surface area (Å²) < 4.78 is 5.31. The van der Waals surface area contributed by atoms with Crippen LogP contribution in [0.15, 0.2) is 0 Å². The van der Waals surface area contributed by atoms with Crippen LogP contribution in [0, 0.1) is 5.92 Å². The fraction of sp³-hybridized carbons (Fsp3) is 0.909. The Balaban J connectivity index is 1.86. The minimum absolute atomic E-state index is 0.0437. The van der Waals surface area contributed by atoms with Gasteiger partial charge in [-0.3, -0.25) is 4.79 Å². The molecule has 15 heavy (non-hydrogen) atoms. The van der Waals surface area contributed by atoms with Crippen molar-refractivity contribution in [3.05, 3.63) is 0 Å². The summed E-state index contributed by atoms with van der Waals surface area (Å²) in [6.07, 6.45) is 2.83. The second-order valence-corrected chi connectivity index (χ2v) is 4.85. The van der Waals surface area contributed by atoms with Crippen LogP contribution >= 0.6 is 0 Å². The van der Waals surface area contributed by atoms with Crippen LogP contribution in [0.2, 0.25) is 0 Å². The summed E-state index contributed by atoms with van der Waals surface area (Å²) >= 11 is 0. The molecule has 2 aliphatic rings. The van der Waals surface area contributed by atoms with E-state index in [9.17, 15) is 4.79 Å². The van der Waals surface area contributed by atoms with E-state index in [1.165, 1.54) is 0 Å². The maximum atomic E-state index is 11.9. The van der Waals surface area contributed by atoms with Gasteiger partial charge in [-0.25, -0.2) is 0 Å². The minimum atomic E-state index is -0.0437. The zero-order valence-corrected chi connectivity index (χ0v) is 9.34. The molecule has 0 aromatic heterocycles. The van der Waals surface area contributed by atoms with Gasteiger partial charge in [0.05, 0.1) is 5.92 Å². The van der Waals surface area contributed by atoms with E-state index in [-0.39, 0.29) is 17.4 Å². The van der Waals surface area contributed by atoms with Gasteiger partial charge < -0.3 is 15.4 Å². The number of carbonyl (C=O) groups is 1. The SMILES string of the molecule is CC1(NC(=O)C2CCNC2)CCOCC1. The normalized spacial score (nSPS) is 30.1. The number of nitrogens with one attached hydrogen (secondary N) is 2. The van der Waals surface area contributed by atoms with Gasteiger partial charge in [-0.05, 0) is 32.7 Å². The topological polar surface area (TPSA) is 50.4 Å². The predicted molar refractivity (Wildman–Crippen MR) is 57.6 cm³/mol. The summed E-state index contributed by atoms with van der Waals surface area (Å²) in [5.41, 5.74) is -0.0437. The number of carbonyl (C=O) groups excluding carboxylic acids is 1. The molecule has 2 N–H and O–H groups in total. The highest BCUT2D eigenvalue weighted by Gasteiger charge is 2.32. The van der Waals surface area contributed by atoms with Crippen molar-refractivity contribution < 1.29 is 9.53 Å². The van der Waals surface area contributed by atoms with E-state index in [4.69, 9.17) is 4.74 Å². The van der Waals surface area contributed by atoms with Crippen molar-refractivity contribution in [3.8, 4) is 0 Å². The van der Waals surface area contributed by atoms with Gasteiger partial charge in [0.2, 0.25) is 5.91 Å². The molecule has 2 rings (SSSR count). The molecule has 0 aliphatic carbocycles. The molecule has 2 saturated heterocycles. The van der Waals surface area contributed by atoms with Gasteiger partial charge in [0.15, 0.2) is 0 Å². The first-order valence-corrected chi connectivity index (χ1v) is 5.80. The van der Waals surface area contributed by atoms with E-state index in [2.05, 4.69) is 17.6 Å². The largest absolute Gasteiger partial charge is 0.381 e. The Morgan fingerprint density at radius 3 is 2.80 bits per heavy atom. The first-order chi connectivity index (χ1) is 7.20. The fourth-order valence-corrected chi connectivity index (χ4v) is 2.22. The molecule has 0 spiro atoms. The van der Waals surface area contributed by atoms with Crippen molar-refractivity contribution in [1.29, 1.82) is 0 Å². The van der Waals surface area contributed by atoms with Gasteiger partial charge in [-0.15, -0.1) is 0 Å². The third-order valence-corrected chi connectivity index (χ3v) is 3.45. The lowest BCUT2D eigenvalue weighted by molar-refractivity contribution is -0.127. The minimum Gasteiger partial charge on any atom is -0.381 e. The van der Waals surface area contributed by atoms with Crippen LogP contribution in [0.4, 0.5) is 0 Å². The van der Waals surface area contributed by atoms with Crippen molar-refractivity contribution in [2.75, 3.05) is 26.3 Å². The molecule has 4 heteroatoms. The molecule has 86 valence electrons. The Morgan fingerprint density at radius 2 is 2.20 bits per heavy atom. The standard InChI is InChI=1S/C11H20N2O2/c1-11(3-6-15-7-4-11)13-10(14)9-2-5-12-8-9/h9,12H,2-8H2,1H3,(H,13,14). The molecule has 0 radical (unpaired) electrons. The third kappa shape index (κ3) is 2.69. The van der Waals surface area contributed by atoms with Gasteiger partial charge in [0.1, 0.15) is 0 Å². The Bertz CT molecular complexity index is 231. The molecule has 0 saturated carbocycles. The second-order valence-electron chi connectivity index (χ2n) is 4.85. The van der Waals surface area contributed by atoms with Gasteiger partial charge in [0, 0.05) is 25.3 Å². The lowest BCUT2D eigenvalue weighted by atomic mass is 9.91. The molecule has 2 fully saturated rings. The van der Waals surface area contributed by atoms with E-state index in [0.29, 0.717) is 0 Å². The van der Waals surface area contributed by atoms with E-state index in [0.717, 1.165) is 45.6 Å². The number of hydrogen-bond acceptors (Lipinski definition) is 3. The van der Waals surface area contributed by atoms with Crippen LogP contribution in [0.3, 0.4) is 0 Å². The Hall–Kier alpha value is -0.610. The second kappa shape index (κ2) is 4.49. The van der Waals surface area contributed by atoms with Crippen LogP contribution in [0.1, 0.15) is 26.2 Å². The molecular weight excluding hydrogens is 192 g/mol. The highest BCUT2D eigenvalue weighted by molar-refractivity contribution is 5.80. The van der Waals surface area contributed by atoms with Crippen molar-refractivity contribution >= 4 is 5.91 Å². The van der Waals surface area contributed by atoms with Crippen molar-refractivity contribution in [2.24, 2.45) is 5.92 Å². The van der Waals surface area contributed by atoms with Crippen LogP contribution < -0.4 is 10.6 Å².